The Bertz CT molecular complexity index is 712. The maximum atomic E-state index is 11.9. The minimum Gasteiger partial charge on any atom is -0.478 e. The first kappa shape index (κ1) is 13.6. The molecule has 0 fully saturated rings. The Morgan fingerprint density at radius 3 is 2.95 bits per heavy atom. The van der Waals surface area contributed by atoms with Crippen LogP contribution in [-0.4, -0.2) is 17.0 Å². The van der Waals surface area contributed by atoms with Crippen LogP contribution in [0.25, 0.3) is 6.08 Å². The van der Waals surface area contributed by atoms with E-state index < -0.39 is 5.97 Å². The van der Waals surface area contributed by atoms with Gasteiger partial charge >= 0.3 is 5.97 Å². The van der Waals surface area contributed by atoms with E-state index in [1.807, 2.05) is 0 Å². The standard InChI is InChI=1S/C15H13NO4S/c17-12(7-6-9-3-2-8-20-9)16-14-13(15(18)19)10-4-1-5-11(10)21-14/h2-3,6-8H,1,4-5H2,(H,16,17)(H,18,19)/b7-6+. The number of aryl methyl sites for hydroxylation is 1. The van der Waals surface area contributed by atoms with Gasteiger partial charge in [0.15, 0.2) is 0 Å². The third kappa shape index (κ3) is 2.75. The summed E-state index contributed by atoms with van der Waals surface area (Å²) >= 11 is 1.36. The van der Waals surface area contributed by atoms with E-state index >= 15 is 0 Å². The number of anilines is 1. The number of thiophene rings is 1. The topological polar surface area (TPSA) is 79.5 Å². The second-order valence-electron chi connectivity index (χ2n) is 4.70. The van der Waals surface area contributed by atoms with E-state index in [1.54, 1.807) is 12.1 Å². The molecule has 1 aliphatic carbocycles. The van der Waals surface area contributed by atoms with E-state index in [1.165, 1.54) is 29.8 Å². The highest BCUT2D eigenvalue weighted by Crippen LogP contribution is 2.39. The molecular weight excluding hydrogens is 290 g/mol. The molecule has 0 unspecified atom stereocenters. The molecule has 2 aromatic rings. The van der Waals surface area contributed by atoms with Crippen molar-refractivity contribution < 1.29 is 19.1 Å². The molecule has 0 aromatic carbocycles. The highest BCUT2D eigenvalue weighted by molar-refractivity contribution is 7.17. The molecule has 0 saturated heterocycles. The lowest BCUT2D eigenvalue weighted by atomic mass is 10.1. The number of rotatable bonds is 4. The Morgan fingerprint density at radius 1 is 1.38 bits per heavy atom. The van der Waals surface area contributed by atoms with Crippen molar-refractivity contribution in [2.24, 2.45) is 0 Å². The molecule has 2 heterocycles. The molecular formula is C15H13NO4S. The van der Waals surface area contributed by atoms with Gasteiger partial charge in [-0.25, -0.2) is 4.79 Å². The molecule has 6 heteroatoms. The number of carbonyl (C=O) groups excluding carboxylic acids is 1. The van der Waals surface area contributed by atoms with Crippen LogP contribution in [0.3, 0.4) is 0 Å². The number of hydrogen-bond acceptors (Lipinski definition) is 4. The molecule has 21 heavy (non-hydrogen) atoms. The summed E-state index contributed by atoms with van der Waals surface area (Å²) in [6, 6.07) is 3.45. The molecule has 0 saturated carbocycles. The van der Waals surface area contributed by atoms with Gasteiger partial charge in [-0.2, -0.15) is 0 Å². The first-order valence-electron chi connectivity index (χ1n) is 6.55. The average Bonchev–Trinajstić information content (AvgIpc) is 3.11. The number of carboxylic acids is 1. The van der Waals surface area contributed by atoms with E-state index in [-0.39, 0.29) is 11.5 Å². The number of carbonyl (C=O) groups is 2. The third-order valence-electron chi connectivity index (χ3n) is 3.31. The minimum atomic E-state index is -0.986. The number of aromatic carboxylic acids is 1. The zero-order valence-electron chi connectivity index (χ0n) is 11.1. The van der Waals surface area contributed by atoms with Crippen LogP contribution < -0.4 is 5.32 Å². The lowest BCUT2D eigenvalue weighted by Crippen LogP contribution is -2.10. The predicted octanol–water partition coefficient (Wildman–Crippen LogP) is 3.18. The van der Waals surface area contributed by atoms with Gasteiger partial charge in [-0.05, 0) is 43.0 Å². The zero-order valence-corrected chi connectivity index (χ0v) is 11.9. The summed E-state index contributed by atoms with van der Waals surface area (Å²) in [4.78, 5) is 24.3. The van der Waals surface area contributed by atoms with Crippen LogP contribution >= 0.6 is 11.3 Å². The van der Waals surface area contributed by atoms with Gasteiger partial charge in [-0.3, -0.25) is 4.79 Å². The molecule has 0 aliphatic heterocycles. The van der Waals surface area contributed by atoms with Crippen LogP contribution in [0.15, 0.2) is 28.9 Å². The van der Waals surface area contributed by atoms with Crippen LogP contribution in [0.5, 0.6) is 0 Å². The Morgan fingerprint density at radius 2 is 2.24 bits per heavy atom. The van der Waals surface area contributed by atoms with Crippen LogP contribution in [0.2, 0.25) is 0 Å². The summed E-state index contributed by atoms with van der Waals surface area (Å²) in [7, 11) is 0. The second kappa shape index (κ2) is 5.57. The monoisotopic (exact) mass is 303 g/mol. The second-order valence-corrected chi connectivity index (χ2v) is 5.81. The lowest BCUT2D eigenvalue weighted by molar-refractivity contribution is -0.111. The van der Waals surface area contributed by atoms with Gasteiger partial charge in [0.1, 0.15) is 10.8 Å². The number of nitrogens with one attached hydrogen (secondary N) is 1. The van der Waals surface area contributed by atoms with Crippen LogP contribution in [0, 0.1) is 0 Å². The van der Waals surface area contributed by atoms with Gasteiger partial charge in [0.25, 0.3) is 0 Å². The average molecular weight is 303 g/mol. The van der Waals surface area contributed by atoms with Crippen molar-refractivity contribution in [2.45, 2.75) is 19.3 Å². The largest absolute Gasteiger partial charge is 0.478 e. The highest BCUT2D eigenvalue weighted by Gasteiger charge is 2.26. The molecule has 0 atom stereocenters. The summed E-state index contributed by atoms with van der Waals surface area (Å²) in [6.45, 7) is 0. The molecule has 1 amide bonds. The van der Waals surface area contributed by atoms with Crippen molar-refractivity contribution in [1.82, 2.24) is 0 Å². The maximum Gasteiger partial charge on any atom is 0.339 e. The fourth-order valence-electron chi connectivity index (χ4n) is 2.42. The number of fused-ring (bicyclic) bond motifs is 1. The summed E-state index contributed by atoms with van der Waals surface area (Å²) in [6.07, 6.45) is 7.02. The fourth-order valence-corrected chi connectivity index (χ4v) is 3.70. The van der Waals surface area contributed by atoms with Gasteiger partial charge in [0, 0.05) is 11.0 Å². The number of amides is 1. The Labute approximate surface area is 124 Å². The first-order valence-corrected chi connectivity index (χ1v) is 7.37. The smallest absolute Gasteiger partial charge is 0.339 e. The van der Waals surface area contributed by atoms with Crippen molar-refractivity contribution in [2.75, 3.05) is 5.32 Å². The van der Waals surface area contributed by atoms with E-state index in [0.29, 0.717) is 10.8 Å². The molecule has 0 radical (unpaired) electrons. The van der Waals surface area contributed by atoms with Gasteiger partial charge in [0.05, 0.1) is 11.8 Å². The van der Waals surface area contributed by atoms with E-state index in [2.05, 4.69) is 5.32 Å². The van der Waals surface area contributed by atoms with E-state index in [9.17, 15) is 14.7 Å². The van der Waals surface area contributed by atoms with Gasteiger partial charge in [-0.15, -0.1) is 11.3 Å². The van der Waals surface area contributed by atoms with Gasteiger partial charge < -0.3 is 14.8 Å². The van der Waals surface area contributed by atoms with Crippen molar-refractivity contribution >= 4 is 34.3 Å². The van der Waals surface area contributed by atoms with Crippen molar-refractivity contribution in [3.8, 4) is 0 Å². The van der Waals surface area contributed by atoms with Crippen LogP contribution in [0.4, 0.5) is 5.00 Å². The van der Waals surface area contributed by atoms with Crippen molar-refractivity contribution in [3.63, 3.8) is 0 Å². The van der Waals surface area contributed by atoms with Crippen molar-refractivity contribution in [1.29, 1.82) is 0 Å². The summed E-state index contributed by atoms with van der Waals surface area (Å²) in [5.74, 6) is -0.786. The van der Waals surface area contributed by atoms with E-state index in [0.717, 1.165) is 29.7 Å². The molecule has 5 nitrogen and oxygen atoms in total. The summed E-state index contributed by atoms with van der Waals surface area (Å²) < 4.78 is 5.09. The summed E-state index contributed by atoms with van der Waals surface area (Å²) in [5, 5.41) is 12.4. The maximum absolute atomic E-state index is 11.9. The minimum absolute atomic E-state index is 0.243. The Kier molecular flexibility index (Phi) is 3.62. The normalized spacial score (nSPS) is 13.5. The van der Waals surface area contributed by atoms with Gasteiger partial charge in [0.2, 0.25) is 5.91 Å². The number of hydrogen-bond donors (Lipinski definition) is 2. The van der Waals surface area contributed by atoms with E-state index in [4.69, 9.17) is 4.42 Å². The quantitative estimate of drug-likeness (QED) is 0.850. The predicted molar refractivity (Wildman–Crippen MR) is 79.7 cm³/mol. The zero-order chi connectivity index (χ0) is 14.8. The molecule has 108 valence electrons. The SMILES string of the molecule is O=C(/C=C/c1ccco1)Nc1sc2c(c1C(=O)O)CCC2. The Balaban J connectivity index is 1.79. The highest BCUT2D eigenvalue weighted by atomic mass is 32.1. The molecule has 1 aliphatic rings. The Hall–Kier alpha value is -2.34. The van der Waals surface area contributed by atoms with Crippen LogP contribution in [0.1, 0.15) is 33.0 Å². The number of carboxylic acid groups (broad SMARTS) is 1. The molecule has 0 bridgehead atoms. The molecule has 2 aromatic heterocycles. The van der Waals surface area contributed by atoms with Crippen LogP contribution in [-0.2, 0) is 17.6 Å². The third-order valence-corrected chi connectivity index (χ3v) is 4.52. The number of furan rings is 1. The van der Waals surface area contributed by atoms with Crippen molar-refractivity contribution in [3.05, 3.63) is 46.2 Å². The summed E-state index contributed by atoms with van der Waals surface area (Å²) in [5.41, 5.74) is 1.12. The van der Waals surface area contributed by atoms with Gasteiger partial charge in [-0.1, -0.05) is 0 Å². The lowest BCUT2D eigenvalue weighted by Gasteiger charge is -2.02. The molecule has 2 N–H and O–H groups in total. The molecule has 3 rings (SSSR count). The first-order chi connectivity index (χ1) is 10.1. The fraction of sp³-hybridized carbons (Fsp3) is 0.200. The molecule has 0 spiro atoms.